The van der Waals surface area contributed by atoms with Crippen LogP contribution in [0.2, 0.25) is 0 Å². The van der Waals surface area contributed by atoms with Crippen molar-refractivity contribution in [3.8, 4) is 6.07 Å². The van der Waals surface area contributed by atoms with Gasteiger partial charge in [0, 0.05) is 13.1 Å². The molecule has 0 heterocycles. The van der Waals surface area contributed by atoms with E-state index in [1.807, 2.05) is 19.9 Å². The highest BCUT2D eigenvalue weighted by atomic mass is 16.2. The summed E-state index contributed by atoms with van der Waals surface area (Å²) in [5.74, 6) is 0.0201. The molecule has 0 bridgehead atoms. The Bertz CT molecular complexity index is 489. The molecule has 102 valence electrons. The Hall–Kier alpha value is -2.22. The van der Waals surface area contributed by atoms with Crippen LogP contribution in [-0.2, 0) is 4.79 Å². The molecule has 1 unspecified atom stereocenters. The minimum atomic E-state index is -0.379. The number of likely N-dealkylation sites (N-methyl/N-ethyl adjacent to an activating group) is 1. The van der Waals surface area contributed by atoms with Crippen LogP contribution in [-0.4, -0.2) is 29.9 Å². The highest BCUT2D eigenvalue weighted by Gasteiger charge is 2.18. The number of nitrogens with one attached hydrogen (secondary N) is 1. The number of nitrogens with two attached hydrogens (primary N) is 1. The number of nitrogens with zero attached hydrogens (tertiary/aromatic N) is 2. The van der Waals surface area contributed by atoms with E-state index >= 15 is 0 Å². The molecule has 0 aromatic heterocycles. The molecule has 1 rings (SSSR count). The van der Waals surface area contributed by atoms with Gasteiger partial charge in [-0.1, -0.05) is 6.07 Å². The van der Waals surface area contributed by atoms with E-state index in [1.54, 1.807) is 30.0 Å². The lowest BCUT2D eigenvalue weighted by atomic mass is 10.1. The highest BCUT2D eigenvalue weighted by Crippen LogP contribution is 2.22. The summed E-state index contributed by atoms with van der Waals surface area (Å²) in [5.41, 5.74) is 7.28. The minimum Gasteiger partial charge on any atom is -0.396 e. The maximum Gasteiger partial charge on any atom is 0.244 e. The first-order valence-corrected chi connectivity index (χ1v) is 6.39. The van der Waals surface area contributed by atoms with Gasteiger partial charge in [-0.3, -0.25) is 4.79 Å². The van der Waals surface area contributed by atoms with Crippen molar-refractivity contribution in [2.24, 2.45) is 0 Å². The third kappa shape index (κ3) is 3.38. The van der Waals surface area contributed by atoms with Crippen molar-refractivity contribution < 1.29 is 4.79 Å². The summed E-state index contributed by atoms with van der Waals surface area (Å²) in [6.45, 7) is 7.03. The third-order valence-electron chi connectivity index (χ3n) is 3.04. The van der Waals surface area contributed by atoms with E-state index in [0.29, 0.717) is 30.0 Å². The highest BCUT2D eigenvalue weighted by molar-refractivity contribution is 5.86. The molecule has 0 saturated carbocycles. The van der Waals surface area contributed by atoms with Crippen molar-refractivity contribution in [1.29, 1.82) is 5.26 Å². The van der Waals surface area contributed by atoms with Crippen LogP contribution in [0.3, 0.4) is 0 Å². The van der Waals surface area contributed by atoms with E-state index in [0.717, 1.165) is 0 Å². The number of carbonyl (C=O) groups is 1. The van der Waals surface area contributed by atoms with E-state index in [4.69, 9.17) is 11.0 Å². The first-order valence-electron chi connectivity index (χ1n) is 6.39. The number of benzene rings is 1. The lowest BCUT2D eigenvalue weighted by Crippen LogP contribution is -2.41. The van der Waals surface area contributed by atoms with Crippen LogP contribution in [0.25, 0.3) is 0 Å². The Morgan fingerprint density at radius 2 is 2.11 bits per heavy atom. The van der Waals surface area contributed by atoms with Gasteiger partial charge < -0.3 is 16.0 Å². The summed E-state index contributed by atoms with van der Waals surface area (Å²) in [6.07, 6.45) is 0. The van der Waals surface area contributed by atoms with Crippen LogP contribution < -0.4 is 11.1 Å². The maximum absolute atomic E-state index is 12.1. The van der Waals surface area contributed by atoms with Crippen molar-refractivity contribution in [3.05, 3.63) is 23.8 Å². The zero-order chi connectivity index (χ0) is 14.4. The largest absolute Gasteiger partial charge is 0.396 e. The monoisotopic (exact) mass is 260 g/mol. The van der Waals surface area contributed by atoms with Gasteiger partial charge in [-0.15, -0.1) is 0 Å². The predicted molar refractivity (Wildman–Crippen MR) is 76.6 cm³/mol. The summed E-state index contributed by atoms with van der Waals surface area (Å²) in [7, 11) is 0. The van der Waals surface area contributed by atoms with Crippen LogP contribution in [0.15, 0.2) is 18.2 Å². The lowest BCUT2D eigenvalue weighted by Gasteiger charge is -2.24. The molecule has 1 aromatic rings. The van der Waals surface area contributed by atoms with Crippen LogP contribution in [0.1, 0.15) is 26.3 Å². The fourth-order valence-electron chi connectivity index (χ4n) is 1.89. The summed E-state index contributed by atoms with van der Waals surface area (Å²) in [6, 6.07) is 6.80. The molecule has 1 aromatic carbocycles. The number of hydrogen-bond donors (Lipinski definition) is 2. The fourth-order valence-corrected chi connectivity index (χ4v) is 1.89. The second-order valence-electron chi connectivity index (χ2n) is 4.26. The average molecular weight is 260 g/mol. The van der Waals surface area contributed by atoms with Gasteiger partial charge in [0.1, 0.15) is 12.1 Å². The van der Waals surface area contributed by atoms with E-state index in [2.05, 4.69) is 5.32 Å². The molecule has 5 heteroatoms. The topological polar surface area (TPSA) is 82.2 Å². The van der Waals surface area contributed by atoms with Gasteiger partial charge in [0.15, 0.2) is 0 Å². The zero-order valence-corrected chi connectivity index (χ0v) is 11.6. The van der Waals surface area contributed by atoms with Gasteiger partial charge in [-0.2, -0.15) is 5.26 Å². The number of carbonyl (C=O) groups excluding carboxylic acids is 1. The van der Waals surface area contributed by atoms with Crippen molar-refractivity contribution >= 4 is 17.3 Å². The summed E-state index contributed by atoms with van der Waals surface area (Å²) < 4.78 is 0. The van der Waals surface area contributed by atoms with Gasteiger partial charge in [-0.25, -0.2) is 0 Å². The number of rotatable bonds is 5. The molecule has 19 heavy (non-hydrogen) atoms. The van der Waals surface area contributed by atoms with Crippen LogP contribution in [0.4, 0.5) is 11.4 Å². The van der Waals surface area contributed by atoms with Crippen molar-refractivity contribution in [1.82, 2.24) is 4.90 Å². The van der Waals surface area contributed by atoms with E-state index in [1.165, 1.54) is 0 Å². The zero-order valence-electron chi connectivity index (χ0n) is 11.6. The molecule has 0 spiro atoms. The standard InChI is InChI=1S/C14H20N4O/c1-4-18(5-2)14(19)10(3)17-12-8-6-7-11(9-15)13(12)16/h6-8,10,17H,4-5,16H2,1-3H3. The number of nitrogen functional groups attached to an aromatic ring is 1. The van der Waals surface area contributed by atoms with Gasteiger partial charge >= 0.3 is 0 Å². The molecule has 0 aliphatic heterocycles. The van der Waals surface area contributed by atoms with Gasteiger partial charge in [0.2, 0.25) is 5.91 Å². The number of nitriles is 1. The Labute approximate surface area is 114 Å². The molecule has 0 fully saturated rings. The maximum atomic E-state index is 12.1. The Morgan fingerprint density at radius 1 is 1.47 bits per heavy atom. The summed E-state index contributed by atoms with van der Waals surface area (Å²) >= 11 is 0. The molecule has 0 aliphatic carbocycles. The molecule has 0 aliphatic rings. The Kier molecular flexibility index (Phi) is 5.19. The van der Waals surface area contributed by atoms with Crippen molar-refractivity contribution in [3.63, 3.8) is 0 Å². The quantitative estimate of drug-likeness (QED) is 0.791. The summed E-state index contributed by atoms with van der Waals surface area (Å²) in [5, 5.41) is 12.0. The van der Waals surface area contributed by atoms with E-state index in [9.17, 15) is 4.79 Å². The molecule has 1 amide bonds. The van der Waals surface area contributed by atoms with Crippen LogP contribution >= 0.6 is 0 Å². The number of anilines is 2. The molecular weight excluding hydrogens is 240 g/mol. The number of hydrogen-bond acceptors (Lipinski definition) is 4. The van der Waals surface area contributed by atoms with Crippen LogP contribution in [0, 0.1) is 11.3 Å². The Morgan fingerprint density at radius 3 is 2.63 bits per heavy atom. The first kappa shape index (κ1) is 14.8. The molecular formula is C14H20N4O. The number of para-hydroxylation sites is 1. The second-order valence-corrected chi connectivity index (χ2v) is 4.26. The number of amides is 1. The smallest absolute Gasteiger partial charge is 0.244 e. The molecule has 1 atom stereocenters. The van der Waals surface area contributed by atoms with Gasteiger partial charge in [0.05, 0.1) is 16.9 Å². The second kappa shape index (κ2) is 6.64. The third-order valence-corrected chi connectivity index (χ3v) is 3.04. The average Bonchev–Trinajstić information content (AvgIpc) is 2.42. The van der Waals surface area contributed by atoms with Gasteiger partial charge in [-0.05, 0) is 32.9 Å². The van der Waals surface area contributed by atoms with E-state index in [-0.39, 0.29) is 11.9 Å². The Balaban J connectivity index is 2.86. The van der Waals surface area contributed by atoms with Crippen molar-refractivity contribution in [2.45, 2.75) is 26.8 Å². The molecule has 0 saturated heterocycles. The van der Waals surface area contributed by atoms with E-state index < -0.39 is 0 Å². The fraction of sp³-hybridized carbons (Fsp3) is 0.429. The minimum absolute atomic E-state index is 0.0201. The predicted octanol–water partition coefficient (Wildman–Crippen LogP) is 1.81. The van der Waals surface area contributed by atoms with Crippen LogP contribution in [0.5, 0.6) is 0 Å². The SMILES string of the molecule is CCN(CC)C(=O)C(C)Nc1cccc(C#N)c1N. The molecule has 5 nitrogen and oxygen atoms in total. The molecule has 3 N–H and O–H groups in total. The molecule has 0 radical (unpaired) electrons. The van der Waals surface area contributed by atoms with Crippen molar-refractivity contribution in [2.75, 3.05) is 24.1 Å². The van der Waals surface area contributed by atoms with Gasteiger partial charge in [0.25, 0.3) is 0 Å². The normalized spacial score (nSPS) is 11.5. The lowest BCUT2D eigenvalue weighted by molar-refractivity contribution is -0.131. The first-order chi connectivity index (χ1) is 9.04. The summed E-state index contributed by atoms with van der Waals surface area (Å²) in [4.78, 5) is 13.9.